The average Bonchev–Trinajstić information content (AvgIpc) is 2.36. The summed E-state index contributed by atoms with van der Waals surface area (Å²) in [4.78, 5) is 7.19. The van der Waals surface area contributed by atoms with E-state index in [4.69, 9.17) is 4.98 Å². The van der Waals surface area contributed by atoms with Gasteiger partial charge in [0.25, 0.3) is 0 Å². The molecule has 0 fully saturated rings. The van der Waals surface area contributed by atoms with Crippen molar-refractivity contribution in [1.82, 2.24) is 10.3 Å². The monoisotopic (exact) mass is 277 g/mol. The van der Waals surface area contributed by atoms with Crippen molar-refractivity contribution in [3.63, 3.8) is 0 Å². The van der Waals surface area contributed by atoms with Crippen molar-refractivity contribution < 1.29 is 0 Å². The Hall–Kier alpha value is -1.09. The first-order chi connectivity index (χ1) is 9.27. The van der Waals surface area contributed by atoms with Gasteiger partial charge in [-0.05, 0) is 31.5 Å². The van der Waals surface area contributed by atoms with E-state index in [1.165, 1.54) is 11.3 Å². The molecule has 0 bridgehead atoms. The maximum Gasteiger partial charge on any atom is 0.129 e. The van der Waals surface area contributed by atoms with Gasteiger partial charge in [-0.3, -0.25) is 0 Å². The molecule has 3 nitrogen and oxygen atoms in total. The number of nitrogens with zero attached hydrogens (tertiary/aromatic N) is 2. The van der Waals surface area contributed by atoms with E-state index in [0.717, 1.165) is 25.5 Å². The number of aromatic nitrogens is 1. The minimum atomic E-state index is 0.0791. The first-order valence-electron chi connectivity index (χ1n) is 7.77. The zero-order valence-electron chi connectivity index (χ0n) is 14.2. The lowest BCUT2D eigenvalue weighted by Crippen LogP contribution is -2.26. The molecule has 0 amide bonds. The van der Waals surface area contributed by atoms with Gasteiger partial charge >= 0.3 is 0 Å². The fourth-order valence-corrected chi connectivity index (χ4v) is 2.09. The Labute approximate surface area is 124 Å². The molecule has 1 aromatic heterocycles. The van der Waals surface area contributed by atoms with Crippen molar-refractivity contribution in [3.05, 3.63) is 23.4 Å². The molecule has 0 aliphatic carbocycles. The third kappa shape index (κ3) is 4.78. The molecule has 1 heterocycles. The van der Waals surface area contributed by atoms with E-state index < -0.39 is 0 Å². The Morgan fingerprint density at radius 3 is 2.20 bits per heavy atom. The largest absolute Gasteiger partial charge is 0.357 e. The minimum absolute atomic E-state index is 0.0791. The van der Waals surface area contributed by atoms with Gasteiger partial charge in [-0.25, -0.2) is 4.98 Å². The molecule has 0 unspecified atom stereocenters. The van der Waals surface area contributed by atoms with Gasteiger partial charge in [-0.2, -0.15) is 0 Å². The third-order valence-corrected chi connectivity index (χ3v) is 3.44. The molecule has 114 valence electrons. The summed E-state index contributed by atoms with van der Waals surface area (Å²) >= 11 is 0. The van der Waals surface area contributed by atoms with Crippen LogP contribution in [0.25, 0.3) is 0 Å². The van der Waals surface area contributed by atoms with Crippen LogP contribution in [0.2, 0.25) is 0 Å². The molecule has 1 N–H and O–H groups in total. The quantitative estimate of drug-likeness (QED) is 0.859. The van der Waals surface area contributed by atoms with Crippen molar-refractivity contribution in [3.8, 4) is 0 Å². The predicted molar refractivity (Wildman–Crippen MR) is 88.5 cm³/mol. The Kier molecular flexibility index (Phi) is 6.00. The number of pyridine rings is 1. The maximum absolute atomic E-state index is 4.87. The van der Waals surface area contributed by atoms with Crippen molar-refractivity contribution in [2.24, 2.45) is 0 Å². The van der Waals surface area contributed by atoms with Crippen molar-refractivity contribution in [1.29, 1.82) is 0 Å². The summed E-state index contributed by atoms with van der Waals surface area (Å²) in [5.41, 5.74) is 2.57. The highest BCUT2D eigenvalue weighted by molar-refractivity contribution is 5.43. The lowest BCUT2D eigenvalue weighted by Gasteiger charge is -2.25. The van der Waals surface area contributed by atoms with Crippen molar-refractivity contribution >= 4 is 5.82 Å². The summed E-state index contributed by atoms with van der Waals surface area (Å²) in [6.07, 6.45) is 0. The molecule has 0 radical (unpaired) electrons. The SMILES string of the molecule is CCN(CC)c1cc(CNC(C)C)cc(C(C)(C)C)n1. The highest BCUT2D eigenvalue weighted by Crippen LogP contribution is 2.25. The fraction of sp³-hybridized carbons (Fsp3) is 0.706. The van der Waals surface area contributed by atoms with Crippen LogP contribution >= 0.6 is 0 Å². The van der Waals surface area contributed by atoms with E-state index in [1.54, 1.807) is 0 Å². The zero-order valence-corrected chi connectivity index (χ0v) is 14.2. The second-order valence-electron chi connectivity index (χ2n) is 6.68. The van der Waals surface area contributed by atoms with E-state index in [0.29, 0.717) is 6.04 Å². The number of nitrogens with one attached hydrogen (secondary N) is 1. The van der Waals surface area contributed by atoms with E-state index in [9.17, 15) is 0 Å². The van der Waals surface area contributed by atoms with Crippen LogP contribution < -0.4 is 10.2 Å². The summed E-state index contributed by atoms with van der Waals surface area (Å²) < 4.78 is 0. The minimum Gasteiger partial charge on any atom is -0.357 e. The Balaban J connectivity index is 3.14. The van der Waals surface area contributed by atoms with E-state index in [2.05, 4.69) is 70.8 Å². The third-order valence-electron chi connectivity index (χ3n) is 3.44. The summed E-state index contributed by atoms with van der Waals surface area (Å²) in [6, 6.07) is 4.96. The van der Waals surface area contributed by atoms with Crippen LogP contribution in [-0.2, 0) is 12.0 Å². The van der Waals surface area contributed by atoms with Gasteiger partial charge in [0.05, 0.1) is 0 Å². The normalized spacial score (nSPS) is 12.0. The van der Waals surface area contributed by atoms with E-state index in [-0.39, 0.29) is 5.41 Å². The molecule has 0 aromatic carbocycles. The summed E-state index contributed by atoms with van der Waals surface area (Å²) in [5, 5.41) is 3.50. The first-order valence-corrected chi connectivity index (χ1v) is 7.77. The van der Waals surface area contributed by atoms with Crippen molar-refractivity contribution in [2.45, 2.75) is 66.5 Å². The molecule has 0 spiro atoms. The lowest BCUT2D eigenvalue weighted by atomic mass is 9.90. The molecular weight excluding hydrogens is 246 g/mol. The van der Waals surface area contributed by atoms with Crippen LogP contribution in [0, 0.1) is 0 Å². The van der Waals surface area contributed by atoms with Crippen LogP contribution in [0.4, 0.5) is 5.82 Å². The Bertz CT molecular complexity index is 415. The number of hydrogen-bond donors (Lipinski definition) is 1. The first kappa shape index (κ1) is 17.0. The maximum atomic E-state index is 4.87. The zero-order chi connectivity index (χ0) is 15.3. The standard InChI is InChI=1S/C17H31N3/c1-8-20(9-2)16-11-14(12-18-13(3)4)10-15(19-16)17(5,6)7/h10-11,13,18H,8-9,12H2,1-7H3. The summed E-state index contributed by atoms with van der Waals surface area (Å²) in [7, 11) is 0. The topological polar surface area (TPSA) is 28.2 Å². The molecule has 0 saturated carbocycles. The van der Waals surface area contributed by atoms with E-state index >= 15 is 0 Å². The van der Waals surface area contributed by atoms with Gasteiger partial charge in [0, 0.05) is 36.8 Å². The van der Waals surface area contributed by atoms with Crippen LogP contribution in [0.15, 0.2) is 12.1 Å². The fourth-order valence-electron chi connectivity index (χ4n) is 2.09. The second-order valence-corrected chi connectivity index (χ2v) is 6.68. The highest BCUT2D eigenvalue weighted by Gasteiger charge is 2.18. The van der Waals surface area contributed by atoms with Crippen LogP contribution in [-0.4, -0.2) is 24.1 Å². The Morgan fingerprint density at radius 1 is 1.15 bits per heavy atom. The number of hydrogen-bond acceptors (Lipinski definition) is 3. The second kappa shape index (κ2) is 7.07. The van der Waals surface area contributed by atoms with E-state index in [1.807, 2.05) is 0 Å². The van der Waals surface area contributed by atoms with Gasteiger partial charge in [-0.15, -0.1) is 0 Å². The molecule has 1 rings (SSSR count). The van der Waals surface area contributed by atoms with Gasteiger partial charge in [0.1, 0.15) is 5.82 Å². The highest BCUT2D eigenvalue weighted by atomic mass is 15.2. The van der Waals surface area contributed by atoms with Crippen LogP contribution in [0.5, 0.6) is 0 Å². The lowest BCUT2D eigenvalue weighted by molar-refractivity contribution is 0.560. The van der Waals surface area contributed by atoms with Gasteiger partial charge < -0.3 is 10.2 Å². The summed E-state index contributed by atoms with van der Waals surface area (Å²) in [6.45, 7) is 18.3. The molecule has 0 aliphatic rings. The van der Waals surface area contributed by atoms with Crippen LogP contribution in [0.3, 0.4) is 0 Å². The van der Waals surface area contributed by atoms with Gasteiger partial charge in [-0.1, -0.05) is 34.6 Å². The van der Waals surface area contributed by atoms with Gasteiger partial charge in [0.15, 0.2) is 0 Å². The molecule has 0 saturated heterocycles. The van der Waals surface area contributed by atoms with Crippen LogP contribution in [0.1, 0.15) is 59.7 Å². The predicted octanol–water partition coefficient (Wildman–Crippen LogP) is 3.72. The Morgan fingerprint density at radius 2 is 1.75 bits per heavy atom. The van der Waals surface area contributed by atoms with Crippen molar-refractivity contribution in [2.75, 3.05) is 18.0 Å². The molecule has 20 heavy (non-hydrogen) atoms. The number of rotatable bonds is 6. The molecule has 3 heteroatoms. The molecule has 1 aromatic rings. The molecule has 0 atom stereocenters. The molecular formula is C17H31N3. The smallest absolute Gasteiger partial charge is 0.129 e. The average molecular weight is 277 g/mol. The summed E-state index contributed by atoms with van der Waals surface area (Å²) in [5.74, 6) is 1.10. The van der Waals surface area contributed by atoms with Gasteiger partial charge in [0.2, 0.25) is 0 Å². The molecule has 0 aliphatic heterocycles. The number of anilines is 1.